The van der Waals surface area contributed by atoms with Crippen molar-refractivity contribution in [2.24, 2.45) is 0 Å². The first-order valence-corrected chi connectivity index (χ1v) is 7.84. The zero-order valence-electron chi connectivity index (χ0n) is 12.0. The number of aliphatic hydroxyl groups excluding tert-OH is 1. The number of hydrogen-bond acceptors (Lipinski definition) is 2. The molecule has 1 N–H and O–H groups in total. The van der Waals surface area contributed by atoms with Crippen LogP contribution >= 0.6 is 0 Å². The van der Waals surface area contributed by atoms with Gasteiger partial charge >= 0.3 is 0 Å². The van der Waals surface area contributed by atoms with Crippen LogP contribution in [0.25, 0.3) is 0 Å². The zero-order valence-corrected chi connectivity index (χ0v) is 12.0. The van der Waals surface area contributed by atoms with Crippen molar-refractivity contribution >= 4 is 0 Å². The Morgan fingerprint density at radius 3 is 2.43 bits per heavy atom. The Labute approximate surface area is 125 Å². The van der Waals surface area contributed by atoms with Crippen LogP contribution in [0.5, 0.6) is 5.75 Å². The van der Waals surface area contributed by atoms with Gasteiger partial charge in [0.25, 0.3) is 0 Å². The molecule has 0 bridgehead atoms. The monoisotopic (exact) mass is 280 g/mol. The fraction of sp³-hybridized carbons (Fsp3) is 0.368. The number of para-hydroxylation sites is 1. The van der Waals surface area contributed by atoms with Gasteiger partial charge in [0.1, 0.15) is 18.0 Å². The van der Waals surface area contributed by atoms with Crippen LogP contribution in [0.1, 0.15) is 48.0 Å². The van der Waals surface area contributed by atoms with E-state index in [1.165, 1.54) is 30.4 Å². The summed E-state index contributed by atoms with van der Waals surface area (Å²) in [6.07, 6.45) is 4.02. The van der Waals surface area contributed by atoms with Crippen LogP contribution in [-0.2, 0) is 6.42 Å². The van der Waals surface area contributed by atoms with Gasteiger partial charge < -0.3 is 9.84 Å². The largest absolute Gasteiger partial charge is 0.487 e. The molecule has 0 spiro atoms. The highest BCUT2D eigenvalue weighted by molar-refractivity contribution is 5.38. The minimum atomic E-state index is -0.562. The van der Waals surface area contributed by atoms with Crippen LogP contribution in [-0.4, -0.2) is 11.2 Å². The molecular weight excluding hydrogens is 260 g/mol. The molecule has 0 amide bonds. The lowest BCUT2D eigenvalue weighted by Crippen LogP contribution is -2.23. The lowest BCUT2D eigenvalue weighted by molar-refractivity contribution is 0.0492. The first-order chi connectivity index (χ1) is 10.3. The quantitative estimate of drug-likeness (QED) is 0.921. The van der Waals surface area contributed by atoms with E-state index in [2.05, 4.69) is 30.3 Å². The minimum absolute atomic E-state index is 0.169. The maximum atomic E-state index is 10.6. The van der Waals surface area contributed by atoms with E-state index in [9.17, 15) is 5.11 Å². The first-order valence-electron chi connectivity index (χ1n) is 7.84. The van der Waals surface area contributed by atoms with E-state index in [0.717, 1.165) is 23.7 Å². The molecule has 2 aromatic carbocycles. The summed E-state index contributed by atoms with van der Waals surface area (Å²) in [7, 11) is 0. The van der Waals surface area contributed by atoms with Gasteiger partial charge in [-0.3, -0.25) is 0 Å². The number of ether oxygens (including phenoxy) is 1. The van der Waals surface area contributed by atoms with Crippen LogP contribution < -0.4 is 4.74 Å². The molecule has 2 atom stereocenters. The number of rotatable bonds is 3. The molecule has 4 rings (SSSR count). The number of fused-ring (bicyclic) bond motifs is 1. The van der Waals surface area contributed by atoms with Crippen molar-refractivity contribution in [2.45, 2.75) is 43.8 Å². The average Bonchev–Trinajstić information content (AvgIpc) is 2.89. The molecule has 1 heterocycles. The van der Waals surface area contributed by atoms with Crippen molar-refractivity contribution in [2.75, 3.05) is 0 Å². The van der Waals surface area contributed by atoms with Gasteiger partial charge in [-0.25, -0.2) is 0 Å². The van der Waals surface area contributed by atoms with Gasteiger partial charge in [0.05, 0.1) is 0 Å². The third-order valence-electron chi connectivity index (χ3n) is 4.88. The Morgan fingerprint density at radius 1 is 1.00 bits per heavy atom. The van der Waals surface area contributed by atoms with E-state index in [0.29, 0.717) is 0 Å². The first kappa shape index (κ1) is 12.9. The molecule has 21 heavy (non-hydrogen) atoms. The fourth-order valence-electron chi connectivity index (χ4n) is 3.31. The second-order valence-corrected chi connectivity index (χ2v) is 6.21. The Balaban J connectivity index is 1.49. The Morgan fingerprint density at radius 2 is 1.76 bits per heavy atom. The van der Waals surface area contributed by atoms with E-state index in [1.807, 2.05) is 18.2 Å². The predicted octanol–water partition coefficient (Wildman–Crippen LogP) is 3.99. The van der Waals surface area contributed by atoms with Crippen LogP contribution in [0.15, 0.2) is 48.5 Å². The molecule has 1 fully saturated rings. The van der Waals surface area contributed by atoms with E-state index in [4.69, 9.17) is 4.74 Å². The third-order valence-corrected chi connectivity index (χ3v) is 4.88. The van der Waals surface area contributed by atoms with Crippen LogP contribution in [0, 0.1) is 0 Å². The average molecular weight is 280 g/mol. The van der Waals surface area contributed by atoms with Crippen LogP contribution in [0.2, 0.25) is 0 Å². The summed E-state index contributed by atoms with van der Waals surface area (Å²) >= 11 is 0. The molecule has 108 valence electrons. The standard InChI is InChI=1S/C19H20O2/c20-19(18-12-16-4-1-2-7-17(16)21-18)15-10-8-14(9-11-15)13-5-3-6-13/h1-2,4,7-11,13,18-20H,3,5-6,12H2. The number of hydrogen-bond donors (Lipinski definition) is 1. The SMILES string of the molecule is OC(c1ccc(C2CCC2)cc1)C1Cc2ccccc2O1. The summed E-state index contributed by atoms with van der Waals surface area (Å²) in [5.74, 6) is 1.65. The van der Waals surface area contributed by atoms with Crippen LogP contribution in [0.3, 0.4) is 0 Å². The van der Waals surface area contributed by atoms with Gasteiger partial charge in [0.2, 0.25) is 0 Å². The van der Waals surface area contributed by atoms with Crippen LogP contribution in [0.4, 0.5) is 0 Å². The second kappa shape index (κ2) is 5.19. The summed E-state index contributed by atoms with van der Waals surface area (Å²) < 4.78 is 5.88. The maximum Gasteiger partial charge on any atom is 0.133 e. The van der Waals surface area contributed by atoms with Crippen molar-refractivity contribution in [3.05, 3.63) is 65.2 Å². The molecule has 2 aromatic rings. The van der Waals surface area contributed by atoms with Gasteiger partial charge in [-0.1, -0.05) is 48.9 Å². The van der Waals surface area contributed by atoms with E-state index < -0.39 is 6.10 Å². The Kier molecular flexibility index (Phi) is 3.19. The molecule has 0 saturated heterocycles. The molecule has 1 aliphatic carbocycles. The molecule has 1 saturated carbocycles. The number of benzene rings is 2. The second-order valence-electron chi connectivity index (χ2n) is 6.21. The van der Waals surface area contributed by atoms with Crippen molar-refractivity contribution in [1.82, 2.24) is 0 Å². The molecular formula is C19H20O2. The summed E-state index contributed by atoms with van der Waals surface area (Å²) in [5, 5.41) is 10.6. The summed E-state index contributed by atoms with van der Waals surface area (Å²) in [6, 6.07) is 16.5. The number of aliphatic hydroxyl groups is 1. The Bertz CT molecular complexity index is 603. The molecule has 0 radical (unpaired) electrons. The highest BCUT2D eigenvalue weighted by Crippen LogP contribution is 2.38. The lowest BCUT2D eigenvalue weighted by Gasteiger charge is -2.26. The van der Waals surface area contributed by atoms with E-state index in [-0.39, 0.29) is 6.10 Å². The topological polar surface area (TPSA) is 29.5 Å². The fourth-order valence-corrected chi connectivity index (χ4v) is 3.31. The maximum absolute atomic E-state index is 10.6. The van der Waals surface area contributed by atoms with E-state index >= 15 is 0 Å². The lowest BCUT2D eigenvalue weighted by atomic mass is 9.80. The molecule has 2 heteroatoms. The molecule has 2 unspecified atom stereocenters. The summed E-state index contributed by atoms with van der Waals surface area (Å²) in [4.78, 5) is 0. The van der Waals surface area contributed by atoms with Crippen molar-refractivity contribution in [3.8, 4) is 5.75 Å². The molecule has 2 nitrogen and oxygen atoms in total. The highest BCUT2D eigenvalue weighted by atomic mass is 16.5. The zero-order chi connectivity index (χ0) is 14.2. The normalized spacial score (nSPS) is 22.2. The third kappa shape index (κ3) is 2.34. The summed E-state index contributed by atoms with van der Waals surface area (Å²) in [6.45, 7) is 0. The molecule has 2 aliphatic rings. The van der Waals surface area contributed by atoms with Gasteiger partial charge in [-0.15, -0.1) is 0 Å². The van der Waals surface area contributed by atoms with Gasteiger partial charge in [0.15, 0.2) is 0 Å². The smallest absolute Gasteiger partial charge is 0.133 e. The summed E-state index contributed by atoms with van der Waals surface area (Å²) in [5.41, 5.74) is 3.55. The molecule has 0 aromatic heterocycles. The van der Waals surface area contributed by atoms with Crippen molar-refractivity contribution < 1.29 is 9.84 Å². The predicted molar refractivity (Wildman–Crippen MR) is 82.6 cm³/mol. The van der Waals surface area contributed by atoms with Crippen molar-refractivity contribution in [1.29, 1.82) is 0 Å². The van der Waals surface area contributed by atoms with Gasteiger partial charge in [-0.05, 0) is 41.5 Å². The highest BCUT2D eigenvalue weighted by Gasteiger charge is 2.30. The Hall–Kier alpha value is -1.80. The van der Waals surface area contributed by atoms with Crippen molar-refractivity contribution in [3.63, 3.8) is 0 Å². The van der Waals surface area contributed by atoms with E-state index in [1.54, 1.807) is 0 Å². The minimum Gasteiger partial charge on any atom is -0.487 e. The molecule has 1 aliphatic heterocycles. The van der Waals surface area contributed by atoms with Gasteiger partial charge in [-0.2, -0.15) is 0 Å². The van der Waals surface area contributed by atoms with Gasteiger partial charge in [0, 0.05) is 6.42 Å².